The maximum Gasteiger partial charge on any atom is 0.0631 e. The zero-order valence-corrected chi connectivity index (χ0v) is 13.9. The Morgan fingerprint density at radius 3 is 2.18 bits per heavy atom. The van der Waals surface area contributed by atoms with Gasteiger partial charge in [-0.1, -0.05) is 33.3 Å². The fourth-order valence-electron chi connectivity index (χ4n) is 1.82. The average molecular weight is 363 g/mol. The fourth-order valence-corrected chi connectivity index (χ4v) is 3.05. The highest BCUT2D eigenvalue weighted by atomic mass is 79.9. The molecule has 1 aromatic rings. The lowest BCUT2D eigenvalue weighted by Crippen LogP contribution is -2.21. The van der Waals surface area contributed by atoms with Gasteiger partial charge in [-0.3, -0.25) is 0 Å². The molecule has 1 rings (SSSR count). The Labute approximate surface area is 122 Å². The minimum absolute atomic E-state index is 0.542. The third-order valence-electron chi connectivity index (χ3n) is 3.19. The van der Waals surface area contributed by atoms with Gasteiger partial charge in [-0.15, -0.1) is 0 Å². The van der Waals surface area contributed by atoms with E-state index in [1.165, 1.54) is 18.5 Å². The maximum absolute atomic E-state index is 3.64. The quantitative estimate of drug-likeness (QED) is 0.670. The molecule has 0 aliphatic rings. The molecule has 96 valence electrons. The van der Waals surface area contributed by atoms with E-state index in [2.05, 4.69) is 70.1 Å². The molecular weight excluding hydrogens is 342 g/mol. The largest absolute Gasteiger partial charge is 0.380 e. The minimum Gasteiger partial charge on any atom is -0.380 e. The lowest BCUT2D eigenvalue weighted by atomic mass is 9.97. The van der Waals surface area contributed by atoms with Gasteiger partial charge in [0, 0.05) is 15.0 Å². The zero-order valence-electron chi connectivity index (χ0n) is 10.8. The second kappa shape index (κ2) is 7.42. The van der Waals surface area contributed by atoms with E-state index in [0.29, 0.717) is 6.04 Å². The standard InChI is InChI=1S/C14H21Br2N/c1-4-10(3)9-11(5-2)17-14-12(15)7-6-8-13(14)16/h6-8,10-11,17H,4-5,9H2,1-3H3. The van der Waals surface area contributed by atoms with Crippen LogP contribution >= 0.6 is 31.9 Å². The Morgan fingerprint density at radius 1 is 1.12 bits per heavy atom. The summed E-state index contributed by atoms with van der Waals surface area (Å²) in [7, 11) is 0. The molecule has 2 atom stereocenters. The van der Waals surface area contributed by atoms with Crippen LogP contribution in [0.3, 0.4) is 0 Å². The topological polar surface area (TPSA) is 12.0 Å². The predicted octanol–water partition coefficient (Wildman–Crippen LogP) is 5.84. The van der Waals surface area contributed by atoms with E-state index in [9.17, 15) is 0 Å². The van der Waals surface area contributed by atoms with Crippen LogP contribution in [-0.2, 0) is 0 Å². The van der Waals surface area contributed by atoms with Gasteiger partial charge in [-0.05, 0) is 62.8 Å². The number of benzene rings is 1. The summed E-state index contributed by atoms with van der Waals surface area (Å²) in [5.41, 5.74) is 1.17. The second-order valence-corrected chi connectivity index (χ2v) is 6.30. The van der Waals surface area contributed by atoms with Gasteiger partial charge in [0.2, 0.25) is 0 Å². The van der Waals surface area contributed by atoms with Crippen LogP contribution in [0, 0.1) is 5.92 Å². The summed E-state index contributed by atoms with van der Waals surface area (Å²) in [5.74, 6) is 0.772. The van der Waals surface area contributed by atoms with Crippen molar-refractivity contribution < 1.29 is 0 Å². The monoisotopic (exact) mass is 361 g/mol. The first-order valence-corrected chi connectivity index (χ1v) is 7.87. The molecule has 0 heterocycles. The average Bonchev–Trinajstić information content (AvgIpc) is 2.32. The van der Waals surface area contributed by atoms with Gasteiger partial charge in [0.25, 0.3) is 0 Å². The Hall–Kier alpha value is -0.0200. The van der Waals surface area contributed by atoms with Crippen molar-refractivity contribution in [2.45, 2.75) is 46.1 Å². The lowest BCUT2D eigenvalue weighted by molar-refractivity contribution is 0.461. The first-order valence-electron chi connectivity index (χ1n) is 6.29. The molecule has 1 nitrogen and oxygen atoms in total. The fraction of sp³-hybridized carbons (Fsp3) is 0.571. The van der Waals surface area contributed by atoms with Crippen molar-refractivity contribution in [1.82, 2.24) is 0 Å². The summed E-state index contributed by atoms with van der Waals surface area (Å²) in [5, 5.41) is 3.64. The molecule has 2 unspecified atom stereocenters. The van der Waals surface area contributed by atoms with Crippen LogP contribution < -0.4 is 5.32 Å². The number of para-hydroxylation sites is 1. The number of rotatable bonds is 6. The van der Waals surface area contributed by atoms with E-state index < -0.39 is 0 Å². The number of halogens is 2. The zero-order chi connectivity index (χ0) is 12.8. The summed E-state index contributed by atoms with van der Waals surface area (Å²) in [6.45, 7) is 6.82. The van der Waals surface area contributed by atoms with Gasteiger partial charge in [-0.2, -0.15) is 0 Å². The molecule has 17 heavy (non-hydrogen) atoms. The normalized spacial score (nSPS) is 14.4. The van der Waals surface area contributed by atoms with E-state index in [4.69, 9.17) is 0 Å². The maximum atomic E-state index is 3.64. The van der Waals surface area contributed by atoms with Gasteiger partial charge in [0.1, 0.15) is 0 Å². The van der Waals surface area contributed by atoms with Gasteiger partial charge in [0.05, 0.1) is 5.69 Å². The SMILES string of the molecule is CCC(C)CC(CC)Nc1c(Br)cccc1Br. The van der Waals surface area contributed by atoms with Crippen LogP contribution in [-0.4, -0.2) is 6.04 Å². The van der Waals surface area contributed by atoms with Crippen molar-refractivity contribution in [3.8, 4) is 0 Å². The third kappa shape index (κ3) is 4.63. The van der Waals surface area contributed by atoms with Gasteiger partial charge in [-0.25, -0.2) is 0 Å². The Morgan fingerprint density at radius 2 is 1.71 bits per heavy atom. The van der Waals surface area contributed by atoms with Crippen LogP contribution in [0.15, 0.2) is 27.1 Å². The number of hydrogen-bond donors (Lipinski definition) is 1. The molecule has 0 amide bonds. The van der Waals surface area contributed by atoms with Crippen LogP contribution in [0.1, 0.15) is 40.0 Å². The van der Waals surface area contributed by atoms with Crippen LogP contribution in [0.25, 0.3) is 0 Å². The number of hydrogen-bond acceptors (Lipinski definition) is 1. The Balaban J connectivity index is 2.73. The molecule has 0 aromatic heterocycles. The second-order valence-electron chi connectivity index (χ2n) is 4.60. The molecule has 0 saturated heterocycles. The van der Waals surface area contributed by atoms with Crippen LogP contribution in [0.2, 0.25) is 0 Å². The molecule has 0 aliphatic carbocycles. The third-order valence-corrected chi connectivity index (χ3v) is 4.51. The van der Waals surface area contributed by atoms with E-state index in [0.717, 1.165) is 21.3 Å². The van der Waals surface area contributed by atoms with Crippen molar-refractivity contribution in [2.75, 3.05) is 5.32 Å². The molecule has 0 radical (unpaired) electrons. The van der Waals surface area contributed by atoms with Crippen LogP contribution in [0.5, 0.6) is 0 Å². The van der Waals surface area contributed by atoms with Gasteiger partial charge in [0.15, 0.2) is 0 Å². The Kier molecular flexibility index (Phi) is 6.57. The van der Waals surface area contributed by atoms with E-state index in [-0.39, 0.29) is 0 Å². The van der Waals surface area contributed by atoms with Crippen molar-refractivity contribution in [3.63, 3.8) is 0 Å². The lowest BCUT2D eigenvalue weighted by Gasteiger charge is -2.23. The molecule has 1 N–H and O–H groups in total. The molecular formula is C14H21Br2N. The van der Waals surface area contributed by atoms with Crippen molar-refractivity contribution in [3.05, 3.63) is 27.1 Å². The van der Waals surface area contributed by atoms with E-state index in [1.54, 1.807) is 0 Å². The summed E-state index contributed by atoms with van der Waals surface area (Å²) < 4.78 is 2.24. The molecule has 0 fully saturated rings. The summed E-state index contributed by atoms with van der Waals surface area (Å²) in [6.07, 6.45) is 3.62. The van der Waals surface area contributed by atoms with Gasteiger partial charge < -0.3 is 5.32 Å². The molecule has 1 aromatic carbocycles. The summed E-state index contributed by atoms with van der Waals surface area (Å²) in [6, 6.07) is 6.72. The number of nitrogens with one attached hydrogen (secondary N) is 1. The summed E-state index contributed by atoms with van der Waals surface area (Å²) in [4.78, 5) is 0. The molecule has 0 spiro atoms. The first kappa shape index (κ1) is 15.0. The highest BCUT2D eigenvalue weighted by molar-refractivity contribution is 9.11. The highest BCUT2D eigenvalue weighted by Crippen LogP contribution is 2.32. The smallest absolute Gasteiger partial charge is 0.0631 e. The van der Waals surface area contributed by atoms with Crippen LogP contribution in [0.4, 0.5) is 5.69 Å². The Bertz CT molecular complexity index is 332. The van der Waals surface area contributed by atoms with Gasteiger partial charge >= 0.3 is 0 Å². The van der Waals surface area contributed by atoms with Crippen molar-refractivity contribution >= 4 is 37.5 Å². The molecule has 0 aliphatic heterocycles. The summed E-state index contributed by atoms with van der Waals surface area (Å²) >= 11 is 7.19. The molecule has 0 bridgehead atoms. The van der Waals surface area contributed by atoms with Crippen molar-refractivity contribution in [2.24, 2.45) is 5.92 Å². The molecule has 3 heteroatoms. The van der Waals surface area contributed by atoms with Crippen molar-refractivity contribution in [1.29, 1.82) is 0 Å². The van der Waals surface area contributed by atoms with E-state index >= 15 is 0 Å². The highest BCUT2D eigenvalue weighted by Gasteiger charge is 2.13. The first-order chi connectivity index (χ1) is 8.08. The van der Waals surface area contributed by atoms with E-state index in [1.807, 2.05) is 6.07 Å². The predicted molar refractivity (Wildman–Crippen MR) is 83.6 cm³/mol. The minimum atomic E-state index is 0.542. The number of anilines is 1. The molecule has 0 saturated carbocycles.